The minimum atomic E-state index is 0.588. The summed E-state index contributed by atoms with van der Waals surface area (Å²) in [7, 11) is 0. The summed E-state index contributed by atoms with van der Waals surface area (Å²) in [6, 6.07) is 7.72. The maximum atomic E-state index is 5.46. The van der Waals surface area contributed by atoms with Gasteiger partial charge in [-0.25, -0.2) is 4.98 Å². The average molecular weight is 171 g/mol. The van der Waals surface area contributed by atoms with Gasteiger partial charge in [0.1, 0.15) is 5.52 Å². The lowest BCUT2D eigenvalue weighted by Crippen LogP contribution is -1.78. The molecule has 2 rings (SSSR count). The van der Waals surface area contributed by atoms with Crippen molar-refractivity contribution in [3.8, 4) is 11.8 Å². The van der Waals surface area contributed by atoms with Crippen LogP contribution in [0.5, 0.6) is 0 Å². The summed E-state index contributed by atoms with van der Waals surface area (Å²) >= 11 is 0. The highest BCUT2D eigenvalue weighted by Crippen LogP contribution is 2.14. The Morgan fingerprint density at radius 2 is 2.23 bits per heavy atom. The predicted octanol–water partition coefficient (Wildman–Crippen LogP) is 2.39. The number of rotatable bonds is 1. The van der Waals surface area contributed by atoms with Gasteiger partial charge in [-0.2, -0.15) is 0 Å². The van der Waals surface area contributed by atoms with Gasteiger partial charge in [-0.15, -0.1) is 5.92 Å². The lowest BCUT2D eigenvalue weighted by molar-refractivity contribution is 0.549. The third-order valence-corrected chi connectivity index (χ3v) is 1.75. The lowest BCUT2D eigenvalue weighted by Gasteiger charge is -1.81. The second-order valence-corrected chi connectivity index (χ2v) is 2.68. The van der Waals surface area contributed by atoms with Gasteiger partial charge < -0.3 is 4.42 Å². The highest BCUT2D eigenvalue weighted by Gasteiger charge is 2.01. The number of hydrogen-bond donors (Lipinski definition) is 0. The molecule has 1 heterocycles. The molecule has 13 heavy (non-hydrogen) atoms. The summed E-state index contributed by atoms with van der Waals surface area (Å²) in [5, 5.41) is 0. The van der Waals surface area contributed by atoms with Crippen molar-refractivity contribution in [2.45, 2.75) is 13.3 Å². The fourth-order valence-electron chi connectivity index (χ4n) is 1.16. The normalized spacial score (nSPS) is 9.62. The summed E-state index contributed by atoms with van der Waals surface area (Å²) in [4.78, 5) is 4.28. The van der Waals surface area contributed by atoms with Crippen LogP contribution in [0.15, 0.2) is 28.7 Å². The maximum absolute atomic E-state index is 5.46. The summed E-state index contributed by atoms with van der Waals surface area (Å²) in [6.45, 7) is 1.81. The van der Waals surface area contributed by atoms with Crippen molar-refractivity contribution >= 4 is 11.1 Å². The standard InChI is InChI=1S/C11H9NO/c1-2-3-8-11-12-9-6-4-5-7-10(9)13-11/h4-7H,8H2,1H3. The Kier molecular flexibility index (Phi) is 2.01. The summed E-state index contributed by atoms with van der Waals surface area (Å²) in [5.41, 5.74) is 1.73. The first-order valence-electron chi connectivity index (χ1n) is 4.14. The van der Waals surface area contributed by atoms with E-state index in [1.54, 1.807) is 0 Å². The first-order valence-corrected chi connectivity index (χ1v) is 4.14. The van der Waals surface area contributed by atoms with Gasteiger partial charge in [-0.05, 0) is 19.1 Å². The molecule has 0 bridgehead atoms. The molecule has 0 radical (unpaired) electrons. The Balaban J connectivity index is 2.42. The topological polar surface area (TPSA) is 26.0 Å². The number of para-hydroxylation sites is 2. The molecule has 1 aromatic heterocycles. The van der Waals surface area contributed by atoms with Gasteiger partial charge >= 0.3 is 0 Å². The molecule has 2 heteroatoms. The molecule has 0 N–H and O–H groups in total. The molecule has 0 saturated carbocycles. The molecule has 2 aromatic rings. The minimum Gasteiger partial charge on any atom is -0.440 e. The van der Waals surface area contributed by atoms with Crippen LogP contribution in [-0.4, -0.2) is 4.98 Å². The lowest BCUT2D eigenvalue weighted by atomic mass is 10.3. The first kappa shape index (κ1) is 7.88. The SMILES string of the molecule is CC#CCc1nc2ccccc2o1. The van der Waals surface area contributed by atoms with Crippen molar-refractivity contribution in [2.75, 3.05) is 0 Å². The van der Waals surface area contributed by atoms with Crippen LogP contribution in [0.3, 0.4) is 0 Å². The van der Waals surface area contributed by atoms with Crippen molar-refractivity contribution in [1.82, 2.24) is 4.98 Å². The van der Waals surface area contributed by atoms with Crippen LogP contribution in [0.1, 0.15) is 12.8 Å². The molecule has 0 spiro atoms. The number of fused-ring (bicyclic) bond motifs is 1. The second-order valence-electron chi connectivity index (χ2n) is 2.68. The van der Waals surface area contributed by atoms with Crippen molar-refractivity contribution < 1.29 is 4.42 Å². The fourth-order valence-corrected chi connectivity index (χ4v) is 1.16. The zero-order valence-corrected chi connectivity index (χ0v) is 7.37. The van der Waals surface area contributed by atoms with Crippen molar-refractivity contribution in [2.24, 2.45) is 0 Å². The van der Waals surface area contributed by atoms with E-state index in [2.05, 4.69) is 16.8 Å². The van der Waals surface area contributed by atoms with Gasteiger partial charge in [0.25, 0.3) is 0 Å². The number of nitrogens with zero attached hydrogens (tertiary/aromatic N) is 1. The van der Waals surface area contributed by atoms with E-state index in [4.69, 9.17) is 4.42 Å². The van der Waals surface area contributed by atoms with Gasteiger partial charge in [0, 0.05) is 0 Å². The molecule has 0 amide bonds. The quantitative estimate of drug-likeness (QED) is 0.616. The smallest absolute Gasteiger partial charge is 0.207 e. The van der Waals surface area contributed by atoms with Crippen LogP contribution >= 0.6 is 0 Å². The third kappa shape index (κ3) is 1.54. The Bertz CT molecular complexity index is 440. The molecule has 0 aliphatic carbocycles. The first-order chi connectivity index (χ1) is 6.40. The fraction of sp³-hybridized carbons (Fsp3) is 0.182. The highest BCUT2D eigenvalue weighted by molar-refractivity contribution is 5.72. The number of oxazole rings is 1. The number of hydrogen-bond acceptors (Lipinski definition) is 2. The zero-order valence-electron chi connectivity index (χ0n) is 7.37. The van der Waals surface area contributed by atoms with Crippen LogP contribution in [-0.2, 0) is 6.42 Å². The van der Waals surface area contributed by atoms with E-state index >= 15 is 0 Å². The molecule has 0 saturated heterocycles. The van der Waals surface area contributed by atoms with Gasteiger partial charge in [0.2, 0.25) is 5.89 Å². The largest absolute Gasteiger partial charge is 0.440 e. The predicted molar refractivity (Wildman–Crippen MR) is 51.2 cm³/mol. The van der Waals surface area contributed by atoms with Crippen molar-refractivity contribution in [3.05, 3.63) is 30.2 Å². The van der Waals surface area contributed by atoms with Crippen LogP contribution in [0.4, 0.5) is 0 Å². The van der Waals surface area contributed by atoms with Crippen molar-refractivity contribution in [3.63, 3.8) is 0 Å². The molecular formula is C11H9NO. The van der Waals surface area contributed by atoms with E-state index in [0.717, 1.165) is 11.1 Å². The molecule has 0 aliphatic heterocycles. The monoisotopic (exact) mass is 171 g/mol. The summed E-state index contributed by atoms with van der Waals surface area (Å²) < 4.78 is 5.46. The van der Waals surface area contributed by atoms with E-state index in [9.17, 15) is 0 Å². The molecular weight excluding hydrogens is 162 g/mol. The molecule has 2 nitrogen and oxygen atoms in total. The highest BCUT2D eigenvalue weighted by atomic mass is 16.3. The van der Waals surface area contributed by atoms with E-state index in [0.29, 0.717) is 12.3 Å². The maximum Gasteiger partial charge on any atom is 0.207 e. The van der Waals surface area contributed by atoms with E-state index < -0.39 is 0 Å². The van der Waals surface area contributed by atoms with Crippen molar-refractivity contribution in [1.29, 1.82) is 0 Å². The third-order valence-electron chi connectivity index (χ3n) is 1.75. The number of benzene rings is 1. The Morgan fingerprint density at radius 1 is 1.38 bits per heavy atom. The summed E-state index contributed by atoms with van der Waals surface area (Å²) in [6.07, 6.45) is 0.588. The van der Waals surface area contributed by atoms with Gasteiger partial charge in [0.05, 0.1) is 6.42 Å². The van der Waals surface area contributed by atoms with E-state index in [-0.39, 0.29) is 0 Å². The second kappa shape index (κ2) is 3.32. The van der Waals surface area contributed by atoms with Crippen LogP contribution in [0.2, 0.25) is 0 Å². The van der Waals surface area contributed by atoms with Gasteiger partial charge in [-0.1, -0.05) is 18.1 Å². The Morgan fingerprint density at radius 3 is 3.00 bits per heavy atom. The van der Waals surface area contributed by atoms with Gasteiger partial charge in [-0.3, -0.25) is 0 Å². The molecule has 0 atom stereocenters. The molecule has 0 unspecified atom stereocenters. The zero-order chi connectivity index (χ0) is 9.10. The number of aromatic nitrogens is 1. The van der Waals surface area contributed by atoms with Crippen LogP contribution in [0.25, 0.3) is 11.1 Å². The minimum absolute atomic E-state index is 0.588. The molecule has 1 aromatic carbocycles. The average Bonchev–Trinajstić information content (AvgIpc) is 2.57. The van der Waals surface area contributed by atoms with Crippen LogP contribution < -0.4 is 0 Å². The molecule has 0 aliphatic rings. The molecule has 64 valence electrons. The molecule has 0 fully saturated rings. The Hall–Kier alpha value is -1.75. The van der Waals surface area contributed by atoms with Gasteiger partial charge in [0.15, 0.2) is 5.58 Å². The van der Waals surface area contributed by atoms with E-state index in [1.807, 2.05) is 31.2 Å². The Labute approximate surface area is 76.6 Å². The van der Waals surface area contributed by atoms with E-state index in [1.165, 1.54) is 0 Å². The summed E-state index contributed by atoms with van der Waals surface area (Å²) in [5.74, 6) is 6.42. The van der Waals surface area contributed by atoms with Crippen LogP contribution in [0, 0.1) is 11.8 Å².